The summed E-state index contributed by atoms with van der Waals surface area (Å²) in [6, 6.07) is 3.22. The number of aromatic amines is 1. The number of nitrogens with zero attached hydrogens (tertiary/aromatic N) is 3. The van der Waals surface area contributed by atoms with Crippen molar-refractivity contribution < 1.29 is 19.4 Å². The lowest BCUT2D eigenvalue weighted by Gasteiger charge is -2.02. The number of hydrogen-bond donors (Lipinski definition) is 2. The highest BCUT2D eigenvalue weighted by Crippen LogP contribution is 2.12. The van der Waals surface area contributed by atoms with Crippen LogP contribution in [0.25, 0.3) is 0 Å². The number of carbonyl (C=O) groups is 1. The predicted molar refractivity (Wildman–Crippen MR) is 71.2 cm³/mol. The fourth-order valence-electron chi connectivity index (χ4n) is 1.03. The number of hydrogen-bond acceptors (Lipinski definition) is 7. The summed E-state index contributed by atoms with van der Waals surface area (Å²) < 4.78 is 8.84. The minimum absolute atomic E-state index is 0.0381. The average molecular weight is 290 g/mol. The Bertz CT molecular complexity index is 543. The lowest BCUT2D eigenvalue weighted by atomic mass is 10.1. The minimum Gasteiger partial charge on any atom is -0.481 e. The molecule has 0 bridgehead atoms. The molecule has 0 atom stereocenters. The van der Waals surface area contributed by atoms with Crippen LogP contribution in [-0.2, 0) is 14.3 Å². The van der Waals surface area contributed by atoms with Crippen LogP contribution in [0.15, 0.2) is 41.9 Å². The molecule has 0 unspecified atom stereocenters. The number of imidazole rings is 1. The summed E-state index contributed by atoms with van der Waals surface area (Å²) in [6.07, 6.45) is 5.82. The first-order chi connectivity index (χ1) is 10.1. The Morgan fingerprint density at radius 2 is 2.05 bits per heavy atom. The molecule has 1 aromatic rings. The SMILES string of the molecule is COC(=O)CC(/C=C(\O)OC)=C(C#N)C#N.c1c[nH]cn1. The smallest absolute Gasteiger partial charge is 0.310 e. The third kappa shape index (κ3) is 7.70. The molecule has 8 heteroatoms. The van der Waals surface area contributed by atoms with Crippen LogP contribution in [0.2, 0.25) is 0 Å². The molecule has 0 saturated carbocycles. The molecule has 0 saturated heterocycles. The van der Waals surface area contributed by atoms with E-state index in [2.05, 4.69) is 19.4 Å². The molecule has 1 rings (SSSR count). The Morgan fingerprint density at radius 1 is 1.38 bits per heavy atom. The lowest BCUT2D eigenvalue weighted by Crippen LogP contribution is -2.03. The Labute approximate surface area is 121 Å². The molecule has 110 valence electrons. The normalized spacial score (nSPS) is 9.24. The molecule has 2 N–H and O–H groups in total. The number of aromatic nitrogens is 2. The van der Waals surface area contributed by atoms with E-state index in [-0.39, 0.29) is 17.6 Å². The van der Waals surface area contributed by atoms with E-state index in [9.17, 15) is 4.79 Å². The van der Waals surface area contributed by atoms with Crippen LogP contribution in [-0.4, -0.2) is 35.3 Å². The van der Waals surface area contributed by atoms with Gasteiger partial charge in [-0.05, 0) is 5.57 Å². The lowest BCUT2D eigenvalue weighted by molar-refractivity contribution is -0.139. The fourth-order valence-corrected chi connectivity index (χ4v) is 1.03. The van der Waals surface area contributed by atoms with Gasteiger partial charge in [0, 0.05) is 18.5 Å². The first-order valence-electron chi connectivity index (χ1n) is 5.56. The van der Waals surface area contributed by atoms with Crippen molar-refractivity contribution in [3.63, 3.8) is 0 Å². The highest BCUT2D eigenvalue weighted by Gasteiger charge is 2.11. The van der Waals surface area contributed by atoms with Gasteiger partial charge < -0.3 is 19.6 Å². The van der Waals surface area contributed by atoms with Gasteiger partial charge in [-0.2, -0.15) is 10.5 Å². The monoisotopic (exact) mass is 290 g/mol. The van der Waals surface area contributed by atoms with E-state index in [0.717, 1.165) is 6.08 Å². The Balaban J connectivity index is 0.000000662. The molecule has 1 heterocycles. The van der Waals surface area contributed by atoms with E-state index in [1.54, 1.807) is 30.9 Å². The number of H-pyrrole nitrogens is 1. The maximum atomic E-state index is 11.0. The molecule has 0 aliphatic rings. The van der Waals surface area contributed by atoms with Gasteiger partial charge in [0.25, 0.3) is 5.95 Å². The molecule has 0 radical (unpaired) electrons. The van der Waals surface area contributed by atoms with Crippen molar-refractivity contribution in [2.24, 2.45) is 0 Å². The van der Waals surface area contributed by atoms with E-state index in [1.165, 1.54) is 14.2 Å². The maximum Gasteiger partial charge on any atom is 0.310 e. The fraction of sp³-hybridized carbons (Fsp3) is 0.231. The average Bonchev–Trinajstić information content (AvgIpc) is 3.07. The quantitative estimate of drug-likeness (QED) is 0.370. The van der Waals surface area contributed by atoms with Crippen molar-refractivity contribution in [3.8, 4) is 12.1 Å². The van der Waals surface area contributed by atoms with Crippen molar-refractivity contribution in [1.29, 1.82) is 10.5 Å². The number of allylic oxidation sites excluding steroid dienone is 2. The number of aliphatic hydroxyl groups excluding tert-OH is 1. The summed E-state index contributed by atoms with van der Waals surface area (Å²) in [4.78, 5) is 17.4. The van der Waals surface area contributed by atoms with E-state index < -0.39 is 11.9 Å². The molecule has 0 amide bonds. The standard InChI is InChI=1S/C10H10N2O4.C3H4N2/c1-15-9(13)3-7(4-10(14)16-2)8(5-11)6-12;1-2-5-3-4-1/h3,13H,4H2,1-2H3;1-3H,(H,4,5)/b9-3+;. The van der Waals surface area contributed by atoms with Crippen molar-refractivity contribution in [1.82, 2.24) is 9.97 Å². The molecule has 0 aliphatic heterocycles. The van der Waals surface area contributed by atoms with Gasteiger partial charge in [0.1, 0.15) is 17.7 Å². The van der Waals surface area contributed by atoms with Crippen molar-refractivity contribution in [3.05, 3.63) is 41.9 Å². The van der Waals surface area contributed by atoms with E-state index in [4.69, 9.17) is 15.6 Å². The summed E-state index contributed by atoms with van der Waals surface area (Å²) in [7, 11) is 2.39. The van der Waals surface area contributed by atoms with Crippen LogP contribution in [0.1, 0.15) is 6.42 Å². The summed E-state index contributed by atoms with van der Waals surface area (Å²) in [5, 5.41) is 26.4. The largest absolute Gasteiger partial charge is 0.481 e. The topological polar surface area (TPSA) is 132 Å². The zero-order valence-electron chi connectivity index (χ0n) is 11.5. The van der Waals surface area contributed by atoms with Crippen molar-refractivity contribution >= 4 is 5.97 Å². The van der Waals surface area contributed by atoms with E-state index >= 15 is 0 Å². The molecule has 0 fully saturated rings. The molecule has 21 heavy (non-hydrogen) atoms. The van der Waals surface area contributed by atoms with E-state index in [1.807, 2.05) is 0 Å². The van der Waals surface area contributed by atoms with Crippen LogP contribution in [0.5, 0.6) is 0 Å². The molecular weight excluding hydrogens is 276 g/mol. The van der Waals surface area contributed by atoms with Gasteiger partial charge in [0.15, 0.2) is 0 Å². The first-order valence-corrected chi connectivity index (χ1v) is 5.56. The number of nitriles is 2. The number of ether oxygens (including phenoxy) is 2. The van der Waals surface area contributed by atoms with Gasteiger partial charge >= 0.3 is 5.97 Å². The zero-order valence-corrected chi connectivity index (χ0v) is 11.5. The molecule has 0 aliphatic carbocycles. The second-order valence-corrected chi connectivity index (χ2v) is 3.32. The van der Waals surface area contributed by atoms with Gasteiger partial charge in [-0.25, -0.2) is 4.98 Å². The zero-order chi connectivity index (χ0) is 16.1. The Hall–Kier alpha value is -3.26. The van der Waals surface area contributed by atoms with Crippen molar-refractivity contribution in [2.45, 2.75) is 6.42 Å². The van der Waals surface area contributed by atoms with Crippen LogP contribution < -0.4 is 0 Å². The van der Waals surface area contributed by atoms with Gasteiger partial charge in [0.2, 0.25) is 0 Å². The Kier molecular flexibility index (Phi) is 8.99. The summed E-state index contributed by atoms with van der Waals surface area (Å²) in [6.45, 7) is 0. The van der Waals surface area contributed by atoms with Crippen molar-refractivity contribution in [2.75, 3.05) is 14.2 Å². The van der Waals surface area contributed by atoms with Gasteiger partial charge in [0.05, 0.1) is 27.0 Å². The number of esters is 1. The summed E-state index contributed by atoms with van der Waals surface area (Å²) in [5.41, 5.74) is -0.245. The van der Waals surface area contributed by atoms with Crippen LogP contribution in [0.4, 0.5) is 0 Å². The van der Waals surface area contributed by atoms with Crippen LogP contribution >= 0.6 is 0 Å². The van der Waals surface area contributed by atoms with Crippen LogP contribution in [0.3, 0.4) is 0 Å². The number of carbonyl (C=O) groups excluding carboxylic acids is 1. The number of aliphatic hydroxyl groups is 1. The summed E-state index contributed by atoms with van der Waals surface area (Å²) >= 11 is 0. The maximum absolute atomic E-state index is 11.0. The molecule has 0 aromatic carbocycles. The highest BCUT2D eigenvalue weighted by molar-refractivity contribution is 5.74. The van der Waals surface area contributed by atoms with Gasteiger partial charge in [-0.15, -0.1) is 0 Å². The number of nitrogens with one attached hydrogen (secondary N) is 1. The van der Waals surface area contributed by atoms with Crippen LogP contribution in [0, 0.1) is 22.7 Å². The molecule has 0 spiro atoms. The third-order valence-electron chi connectivity index (χ3n) is 2.02. The van der Waals surface area contributed by atoms with Gasteiger partial charge in [-0.1, -0.05) is 0 Å². The molecular formula is C13H14N4O4. The predicted octanol–water partition coefficient (Wildman–Crippen LogP) is 1.35. The highest BCUT2D eigenvalue weighted by atomic mass is 16.6. The third-order valence-corrected chi connectivity index (χ3v) is 2.02. The minimum atomic E-state index is -0.627. The second kappa shape index (κ2) is 10.6. The first kappa shape index (κ1) is 17.7. The Morgan fingerprint density at radius 3 is 2.38 bits per heavy atom. The van der Waals surface area contributed by atoms with Gasteiger partial charge in [-0.3, -0.25) is 4.79 Å². The molecule has 1 aromatic heterocycles. The number of methoxy groups -OCH3 is 2. The molecule has 8 nitrogen and oxygen atoms in total. The number of rotatable bonds is 4. The summed E-state index contributed by atoms with van der Waals surface area (Å²) in [5.74, 6) is -1.12. The second-order valence-electron chi connectivity index (χ2n) is 3.32. The van der Waals surface area contributed by atoms with E-state index in [0.29, 0.717) is 0 Å².